The van der Waals surface area contributed by atoms with E-state index in [9.17, 15) is 9.18 Å². The van der Waals surface area contributed by atoms with Crippen LogP contribution in [0.5, 0.6) is 0 Å². The number of nitrogens with one attached hydrogen (secondary N) is 3. The van der Waals surface area contributed by atoms with Gasteiger partial charge in [0, 0.05) is 18.8 Å². The third-order valence-electron chi connectivity index (χ3n) is 3.16. The molecule has 0 heterocycles. The van der Waals surface area contributed by atoms with E-state index in [1.54, 1.807) is 12.1 Å². The van der Waals surface area contributed by atoms with Crippen LogP contribution in [-0.2, 0) is 4.74 Å². The Morgan fingerprint density at radius 3 is 2.16 bits per heavy atom. The second-order valence-electron chi connectivity index (χ2n) is 6.73. The van der Waals surface area contributed by atoms with Crippen LogP contribution in [0.2, 0.25) is 0 Å². The fourth-order valence-corrected chi connectivity index (χ4v) is 2.24. The Labute approximate surface area is 154 Å². The van der Waals surface area contributed by atoms with Crippen molar-refractivity contribution >= 4 is 29.1 Å². The fraction of sp³-hybridized carbons (Fsp3) is 0.556. The molecular weight excluding hydrogens is 341 g/mol. The Morgan fingerprint density at radius 2 is 1.60 bits per heavy atom. The van der Waals surface area contributed by atoms with Crippen LogP contribution in [0.15, 0.2) is 24.3 Å². The molecule has 0 spiro atoms. The molecule has 0 aliphatic heterocycles. The molecular formula is C18H28FN3O2S. The van der Waals surface area contributed by atoms with E-state index in [0.29, 0.717) is 11.7 Å². The molecule has 0 atom stereocenters. The van der Waals surface area contributed by atoms with E-state index in [1.165, 1.54) is 12.1 Å². The Hall–Kier alpha value is -1.89. The zero-order valence-corrected chi connectivity index (χ0v) is 16.0. The van der Waals surface area contributed by atoms with Gasteiger partial charge in [-0.05, 0) is 70.1 Å². The summed E-state index contributed by atoms with van der Waals surface area (Å²) in [6.45, 7) is 6.91. The van der Waals surface area contributed by atoms with Crippen molar-refractivity contribution in [3.05, 3.63) is 30.1 Å². The van der Waals surface area contributed by atoms with Gasteiger partial charge in [0.25, 0.3) is 0 Å². The summed E-state index contributed by atoms with van der Waals surface area (Å²) in [5.41, 5.74) is 0.294. The Bertz CT molecular complexity index is 544. The number of benzene rings is 1. The Kier molecular flexibility index (Phi) is 9.20. The molecule has 7 heteroatoms. The minimum Gasteiger partial charge on any atom is -0.444 e. The quantitative estimate of drug-likeness (QED) is 0.474. The van der Waals surface area contributed by atoms with Crippen molar-refractivity contribution in [1.82, 2.24) is 10.6 Å². The van der Waals surface area contributed by atoms with Gasteiger partial charge in [0.2, 0.25) is 0 Å². The lowest BCUT2D eigenvalue weighted by atomic mass is 10.2. The molecule has 140 valence electrons. The number of anilines is 1. The van der Waals surface area contributed by atoms with E-state index in [1.807, 2.05) is 20.8 Å². The maximum atomic E-state index is 12.8. The number of carbonyl (C=O) groups is 1. The summed E-state index contributed by atoms with van der Waals surface area (Å²) in [4.78, 5) is 11.5. The van der Waals surface area contributed by atoms with Crippen molar-refractivity contribution in [2.45, 2.75) is 52.1 Å². The van der Waals surface area contributed by atoms with Crippen LogP contribution in [0.1, 0.15) is 46.5 Å². The molecule has 0 radical (unpaired) electrons. The molecule has 1 aromatic rings. The first-order valence-corrected chi connectivity index (χ1v) is 8.94. The first-order valence-electron chi connectivity index (χ1n) is 8.53. The molecule has 0 aliphatic carbocycles. The normalized spacial score (nSPS) is 10.9. The molecule has 1 aromatic carbocycles. The first kappa shape index (κ1) is 21.2. The molecule has 0 unspecified atom stereocenters. The van der Waals surface area contributed by atoms with Crippen LogP contribution in [0.4, 0.5) is 14.9 Å². The fourth-order valence-electron chi connectivity index (χ4n) is 2.02. The summed E-state index contributed by atoms with van der Waals surface area (Å²) in [7, 11) is 0. The average molecular weight is 370 g/mol. The lowest BCUT2D eigenvalue weighted by molar-refractivity contribution is 0.0527. The summed E-state index contributed by atoms with van der Waals surface area (Å²) >= 11 is 5.18. The number of alkyl carbamates (subject to hydrolysis) is 1. The molecule has 25 heavy (non-hydrogen) atoms. The van der Waals surface area contributed by atoms with Gasteiger partial charge in [0.05, 0.1) is 0 Å². The molecule has 0 fully saturated rings. The predicted octanol–water partition coefficient (Wildman–Crippen LogP) is 4.20. The Balaban J connectivity index is 1.98. The van der Waals surface area contributed by atoms with Gasteiger partial charge in [0.15, 0.2) is 5.11 Å². The standard InChI is InChI=1S/C18H28FN3O2S/c1-18(2,3)24-17(23)21-13-7-5-4-6-12-20-16(25)22-15-10-8-14(19)9-11-15/h8-11H,4-7,12-13H2,1-3H3,(H,21,23)(H2,20,22,25). The third-order valence-corrected chi connectivity index (χ3v) is 3.41. The van der Waals surface area contributed by atoms with Gasteiger partial charge < -0.3 is 20.7 Å². The van der Waals surface area contributed by atoms with Crippen molar-refractivity contribution < 1.29 is 13.9 Å². The first-order chi connectivity index (χ1) is 11.8. The molecule has 1 amide bonds. The minimum atomic E-state index is -0.462. The number of rotatable bonds is 8. The van der Waals surface area contributed by atoms with Gasteiger partial charge in [-0.2, -0.15) is 0 Å². The molecule has 0 aromatic heterocycles. The maximum Gasteiger partial charge on any atom is 0.407 e. The molecule has 1 rings (SSSR count). The number of thiocarbonyl (C=S) groups is 1. The zero-order valence-electron chi connectivity index (χ0n) is 15.2. The third kappa shape index (κ3) is 11.3. The lowest BCUT2D eigenvalue weighted by Crippen LogP contribution is -2.33. The number of hydrogen-bond acceptors (Lipinski definition) is 3. The summed E-state index contributed by atoms with van der Waals surface area (Å²) in [5, 5.41) is 9.39. The van der Waals surface area contributed by atoms with E-state index < -0.39 is 5.60 Å². The smallest absolute Gasteiger partial charge is 0.407 e. The van der Waals surface area contributed by atoms with Crippen LogP contribution < -0.4 is 16.0 Å². The molecule has 0 aliphatic rings. The molecule has 3 N–H and O–H groups in total. The van der Waals surface area contributed by atoms with E-state index in [4.69, 9.17) is 17.0 Å². The molecule has 0 bridgehead atoms. The number of carbonyl (C=O) groups excluding carboxylic acids is 1. The topological polar surface area (TPSA) is 62.4 Å². The minimum absolute atomic E-state index is 0.273. The SMILES string of the molecule is CC(C)(C)OC(=O)NCCCCCCNC(=S)Nc1ccc(F)cc1. The lowest BCUT2D eigenvalue weighted by Gasteiger charge is -2.19. The number of ether oxygens (including phenoxy) is 1. The van der Waals surface area contributed by atoms with E-state index in [-0.39, 0.29) is 11.9 Å². The van der Waals surface area contributed by atoms with Crippen LogP contribution in [-0.4, -0.2) is 29.9 Å². The highest BCUT2D eigenvalue weighted by Gasteiger charge is 2.15. The van der Waals surface area contributed by atoms with Gasteiger partial charge in [-0.25, -0.2) is 9.18 Å². The van der Waals surface area contributed by atoms with Crippen LogP contribution in [0.25, 0.3) is 0 Å². The van der Waals surface area contributed by atoms with Gasteiger partial charge >= 0.3 is 6.09 Å². The Morgan fingerprint density at radius 1 is 1.04 bits per heavy atom. The summed E-state index contributed by atoms with van der Waals surface area (Å²) < 4.78 is 18.0. The summed E-state index contributed by atoms with van der Waals surface area (Å²) in [6.07, 6.45) is 3.60. The van der Waals surface area contributed by atoms with Crippen molar-refractivity contribution in [2.75, 3.05) is 18.4 Å². The number of hydrogen-bond donors (Lipinski definition) is 3. The number of amides is 1. The molecule has 5 nitrogen and oxygen atoms in total. The van der Waals surface area contributed by atoms with Crippen LogP contribution >= 0.6 is 12.2 Å². The predicted molar refractivity (Wildman–Crippen MR) is 103 cm³/mol. The summed E-state index contributed by atoms with van der Waals surface area (Å²) in [6, 6.07) is 6.05. The van der Waals surface area contributed by atoms with Crippen molar-refractivity contribution in [2.24, 2.45) is 0 Å². The highest BCUT2D eigenvalue weighted by Crippen LogP contribution is 2.08. The van der Waals surface area contributed by atoms with E-state index >= 15 is 0 Å². The second kappa shape index (κ2) is 10.9. The monoisotopic (exact) mass is 369 g/mol. The second-order valence-corrected chi connectivity index (χ2v) is 7.14. The van der Waals surface area contributed by atoms with Crippen molar-refractivity contribution in [3.63, 3.8) is 0 Å². The maximum absolute atomic E-state index is 12.8. The largest absolute Gasteiger partial charge is 0.444 e. The number of halogens is 1. The van der Waals surface area contributed by atoms with Crippen LogP contribution in [0, 0.1) is 5.82 Å². The van der Waals surface area contributed by atoms with Gasteiger partial charge in [-0.1, -0.05) is 12.8 Å². The highest BCUT2D eigenvalue weighted by molar-refractivity contribution is 7.80. The van der Waals surface area contributed by atoms with E-state index in [0.717, 1.165) is 37.9 Å². The van der Waals surface area contributed by atoms with Crippen LogP contribution in [0.3, 0.4) is 0 Å². The van der Waals surface area contributed by atoms with E-state index in [2.05, 4.69) is 16.0 Å². The number of unbranched alkanes of at least 4 members (excludes halogenated alkanes) is 3. The van der Waals surface area contributed by atoms with Crippen molar-refractivity contribution in [3.8, 4) is 0 Å². The van der Waals surface area contributed by atoms with Crippen molar-refractivity contribution in [1.29, 1.82) is 0 Å². The van der Waals surface area contributed by atoms with Gasteiger partial charge in [0.1, 0.15) is 11.4 Å². The molecule has 0 saturated heterocycles. The average Bonchev–Trinajstić information content (AvgIpc) is 2.50. The zero-order chi connectivity index (χ0) is 18.7. The summed E-state index contributed by atoms with van der Waals surface area (Å²) in [5.74, 6) is -0.273. The van der Waals surface area contributed by atoms with Gasteiger partial charge in [-0.3, -0.25) is 0 Å². The highest BCUT2D eigenvalue weighted by atomic mass is 32.1. The molecule has 0 saturated carbocycles. The van der Waals surface area contributed by atoms with Gasteiger partial charge in [-0.15, -0.1) is 0 Å².